The summed E-state index contributed by atoms with van der Waals surface area (Å²) in [5, 5.41) is 15.1. The molecule has 1 aromatic carbocycles. The van der Waals surface area contributed by atoms with Crippen molar-refractivity contribution >= 4 is 16.8 Å². The van der Waals surface area contributed by atoms with E-state index in [1.54, 1.807) is 10.9 Å². The zero-order chi connectivity index (χ0) is 18.1. The molecule has 0 bridgehead atoms. The lowest BCUT2D eigenvalue weighted by Crippen LogP contribution is -2.23. The molecule has 7 heteroatoms. The van der Waals surface area contributed by atoms with Gasteiger partial charge in [0.2, 0.25) is 0 Å². The molecule has 130 valence electrons. The number of pyridine rings is 1. The summed E-state index contributed by atoms with van der Waals surface area (Å²) in [6, 6.07) is 13.4. The van der Waals surface area contributed by atoms with Gasteiger partial charge in [-0.3, -0.25) is 9.89 Å². The standard InChI is InChI=1S/C19H18N6O/c1-12-9-13(2)25(24-12)17-8-7-14(10-20-17)11-21-19(26)18-15-5-3-4-6-16(15)22-23-18/h3-10H,11H2,1-2H3,(H,21,26)(H,22,23). The first-order valence-electron chi connectivity index (χ1n) is 8.32. The molecule has 0 saturated carbocycles. The largest absolute Gasteiger partial charge is 0.346 e. The van der Waals surface area contributed by atoms with Crippen LogP contribution in [0, 0.1) is 13.8 Å². The van der Waals surface area contributed by atoms with Gasteiger partial charge in [-0.15, -0.1) is 0 Å². The number of aryl methyl sites for hydroxylation is 2. The van der Waals surface area contributed by atoms with Crippen LogP contribution in [0.5, 0.6) is 0 Å². The number of nitrogens with zero attached hydrogens (tertiary/aromatic N) is 4. The second-order valence-electron chi connectivity index (χ2n) is 6.16. The Balaban J connectivity index is 1.46. The van der Waals surface area contributed by atoms with Crippen molar-refractivity contribution in [3.63, 3.8) is 0 Å². The minimum absolute atomic E-state index is 0.218. The van der Waals surface area contributed by atoms with Crippen LogP contribution in [0.25, 0.3) is 16.7 Å². The first-order valence-corrected chi connectivity index (χ1v) is 8.32. The van der Waals surface area contributed by atoms with Crippen LogP contribution in [-0.4, -0.2) is 30.9 Å². The van der Waals surface area contributed by atoms with Crippen LogP contribution < -0.4 is 5.32 Å². The lowest BCUT2D eigenvalue weighted by Gasteiger charge is -2.06. The van der Waals surface area contributed by atoms with Gasteiger partial charge in [-0.2, -0.15) is 10.2 Å². The van der Waals surface area contributed by atoms with Crippen molar-refractivity contribution in [2.75, 3.05) is 0 Å². The van der Waals surface area contributed by atoms with Crippen molar-refractivity contribution in [1.82, 2.24) is 30.3 Å². The van der Waals surface area contributed by atoms with E-state index in [1.165, 1.54) is 0 Å². The van der Waals surface area contributed by atoms with Gasteiger partial charge in [-0.05, 0) is 37.6 Å². The van der Waals surface area contributed by atoms with Crippen LogP contribution in [-0.2, 0) is 6.54 Å². The molecule has 0 atom stereocenters. The fraction of sp³-hybridized carbons (Fsp3) is 0.158. The Kier molecular flexibility index (Phi) is 3.96. The molecule has 0 aliphatic rings. The lowest BCUT2D eigenvalue weighted by molar-refractivity contribution is 0.0947. The van der Waals surface area contributed by atoms with Gasteiger partial charge in [0, 0.05) is 23.8 Å². The van der Waals surface area contributed by atoms with Crippen LogP contribution in [0.15, 0.2) is 48.7 Å². The minimum atomic E-state index is -0.218. The average molecular weight is 346 g/mol. The average Bonchev–Trinajstić information content (AvgIpc) is 3.23. The maximum atomic E-state index is 12.4. The van der Waals surface area contributed by atoms with Gasteiger partial charge in [0.1, 0.15) is 0 Å². The summed E-state index contributed by atoms with van der Waals surface area (Å²) in [5.41, 5.74) is 4.12. The van der Waals surface area contributed by atoms with E-state index in [4.69, 9.17) is 0 Å². The van der Waals surface area contributed by atoms with E-state index in [9.17, 15) is 4.79 Å². The number of carbonyl (C=O) groups is 1. The summed E-state index contributed by atoms with van der Waals surface area (Å²) in [4.78, 5) is 16.8. The SMILES string of the molecule is Cc1cc(C)n(-c2ccc(CNC(=O)c3n[nH]c4ccccc34)cn2)n1. The van der Waals surface area contributed by atoms with Crippen molar-refractivity contribution in [2.24, 2.45) is 0 Å². The van der Waals surface area contributed by atoms with Crippen molar-refractivity contribution in [3.05, 3.63) is 71.3 Å². The molecule has 3 aromatic heterocycles. The third-order valence-electron chi connectivity index (χ3n) is 4.17. The number of amides is 1. The van der Waals surface area contributed by atoms with E-state index >= 15 is 0 Å². The molecule has 0 radical (unpaired) electrons. The number of fused-ring (bicyclic) bond motifs is 1. The number of nitrogens with one attached hydrogen (secondary N) is 2. The molecule has 26 heavy (non-hydrogen) atoms. The first kappa shape index (κ1) is 16.0. The maximum absolute atomic E-state index is 12.4. The Morgan fingerprint density at radius 1 is 1.19 bits per heavy atom. The molecule has 2 N–H and O–H groups in total. The maximum Gasteiger partial charge on any atom is 0.272 e. The molecule has 7 nitrogen and oxygen atoms in total. The van der Waals surface area contributed by atoms with E-state index < -0.39 is 0 Å². The number of carbonyl (C=O) groups excluding carboxylic acids is 1. The van der Waals surface area contributed by atoms with Crippen molar-refractivity contribution in [3.8, 4) is 5.82 Å². The number of para-hydroxylation sites is 1. The van der Waals surface area contributed by atoms with Crippen LogP contribution in [0.4, 0.5) is 0 Å². The molecule has 0 aliphatic carbocycles. The van der Waals surface area contributed by atoms with Crippen molar-refractivity contribution < 1.29 is 4.79 Å². The van der Waals surface area contributed by atoms with E-state index in [2.05, 4.69) is 25.6 Å². The molecule has 0 spiro atoms. The highest BCUT2D eigenvalue weighted by Gasteiger charge is 2.13. The van der Waals surface area contributed by atoms with Gasteiger partial charge in [0.25, 0.3) is 5.91 Å². The predicted octanol–water partition coefficient (Wildman–Crippen LogP) is 2.69. The quantitative estimate of drug-likeness (QED) is 0.595. The Morgan fingerprint density at radius 2 is 2.04 bits per heavy atom. The normalized spacial score (nSPS) is 11.0. The summed E-state index contributed by atoms with van der Waals surface area (Å²) >= 11 is 0. The highest BCUT2D eigenvalue weighted by atomic mass is 16.1. The highest BCUT2D eigenvalue weighted by Crippen LogP contribution is 2.15. The minimum Gasteiger partial charge on any atom is -0.346 e. The molecular weight excluding hydrogens is 328 g/mol. The van der Waals surface area contributed by atoms with Crippen molar-refractivity contribution in [2.45, 2.75) is 20.4 Å². The zero-order valence-electron chi connectivity index (χ0n) is 14.5. The molecule has 1 amide bonds. The Labute approximate surface area is 150 Å². The van der Waals surface area contributed by atoms with Crippen molar-refractivity contribution in [1.29, 1.82) is 0 Å². The lowest BCUT2D eigenvalue weighted by atomic mass is 10.2. The molecule has 0 saturated heterocycles. The van der Waals surface area contributed by atoms with Gasteiger partial charge in [-0.1, -0.05) is 24.3 Å². The molecule has 0 aliphatic heterocycles. The summed E-state index contributed by atoms with van der Waals surface area (Å²) in [5.74, 6) is 0.536. The number of hydrogen-bond acceptors (Lipinski definition) is 4. The summed E-state index contributed by atoms with van der Waals surface area (Å²) in [6.45, 7) is 4.32. The molecular formula is C19H18N6O. The second kappa shape index (κ2) is 6.44. The number of hydrogen-bond donors (Lipinski definition) is 2. The summed E-state index contributed by atoms with van der Waals surface area (Å²) in [7, 11) is 0. The third-order valence-corrected chi connectivity index (χ3v) is 4.17. The van der Waals surface area contributed by atoms with Gasteiger partial charge >= 0.3 is 0 Å². The molecule has 0 unspecified atom stereocenters. The first-order chi connectivity index (χ1) is 12.6. The topological polar surface area (TPSA) is 88.5 Å². The number of aromatic amines is 1. The predicted molar refractivity (Wildman–Crippen MR) is 98.1 cm³/mol. The fourth-order valence-electron chi connectivity index (χ4n) is 2.91. The van der Waals surface area contributed by atoms with Crippen LogP contribution >= 0.6 is 0 Å². The monoisotopic (exact) mass is 346 g/mol. The zero-order valence-corrected chi connectivity index (χ0v) is 14.5. The van der Waals surface area contributed by atoms with E-state index in [-0.39, 0.29) is 5.91 Å². The van der Waals surface area contributed by atoms with Gasteiger partial charge < -0.3 is 5.32 Å². The molecule has 0 fully saturated rings. The van der Waals surface area contributed by atoms with Crippen LogP contribution in [0.1, 0.15) is 27.4 Å². The van der Waals surface area contributed by atoms with E-state index in [0.717, 1.165) is 33.7 Å². The number of aromatic nitrogens is 5. The van der Waals surface area contributed by atoms with Crippen LogP contribution in [0.2, 0.25) is 0 Å². The van der Waals surface area contributed by atoms with Gasteiger partial charge in [0.05, 0.1) is 11.2 Å². The highest BCUT2D eigenvalue weighted by molar-refractivity contribution is 6.04. The Morgan fingerprint density at radius 3 is 2.77 bits per heavy atom. The van der Waals surface area contributed by atoms with Crippen LogP contribution in [0.3, 0.4) is 0 Å². The number of rotatable bonds is 4. The van der Waals surface area contributed by atoms with E-state index in [1.807, 2.05) is 56.3 Å². The number of H-pyrrole nitrogens is 1. The molecule has 4 aromatic rings. The Hall–Kier alpha value is -3.48. The summed E-state index contributed by atoms with van der Waals surface area (Å²) in [6.07, 6.45) is 1.74. The molecule has 3 heterocycles. The number of benzene rings is 1. The van der Waals surface area contributed by atoms with Gasteiger partial charge in [-0.25, -0.2) is 9.67 Å². The second-order valence-corrected chi connectivity index (χ2v) is 6.16. The molecule has 4 rings (SSSR count). The summed E-state index contributed by atoms with van der Waals surface area (Å²) < 4.78 is 1.80. The Bertz CT molecular complexity index is 1080. The fourth-order valence-corrected chi connectivity index (χ4v) is 2.91. The van der Waals surface area contributed by atoms with Gasteiger partial charge in [0.15, 0.2) is 11.5 Å². The smallest absolute Gasteiger partial charge is 0.272 e. The third kappa shape index (κ3) is 2.95. The van der Waals surface area contributed by atoms with E-state index in [0.29, 0.717) is 12.2 Å².